The predicted octanol–water partition coefficient (Wildman–Crippen LogP) is 4.10. The first-order chi connectivity index (χ1) is 14.3. The highest BCUT2D eigenvalue weighted by Crippen LogP contribution is 2.28. The topological polar surface area (TPSA) is 77.2 Å². The Bertz CT molecular complexity index is 1150. The minimum atomic E-state index is 0.344. The number of halogens is 1. The normalized spacial score (nSPS) is 14.9. The van der Waals surface area contributed by atoms with Crippen LogP contribution < -0.4 is 5.32 Å². The first-order valence-corrected chi connectivity index (χ1v) is 9.93. The Kier molecular flexibility index (Phi) is 4.83. The van der Waals surface area contributed by atoms with E-state index >= 15 is 0 Å². The van der Waals surface area contributed by atoms with E-state index < -0.39 is 0 Å². The summed E-state index contributed by atoms with van der Waals surface area (Å²) < 4.78 is 7.33. The minimum Gasteiger partial charge on any atom is -0.381 e. The summed E-state index contributed by atoms with van der Waals surface area (Å²) in [6.45, 7) is 1.54. The summed E-state index contributed by atoms with van der Waals surface area (Å²) >= 11 is 6.33. The van der Waals surface area contributed by atoms with Crippen LogP contribution in [0.5, 0.6) is 0 Å². The second kappa shape index (κ2) is 7.77. The fourth-order valence-corrected chi connectivity index (χ4v) is 3.71. The summed E-state index contributed by atoms with van der Waals surface area (Å²) in [5, 5.41) is 12.7. The Morgan fingerprint density at radius 1 is 1.07 bits per heavy atom. The highest BCUT2D eigenvalue weighted by Gasteiger charge is 2.15. The smallest absolute Gasteiger partial charge is 0.223 e. The Balaban J connectivity index is 1.45. The van der Waals surface area contributed by atoms with Crippen LogP contribution in [-0.2, 0) is 4.74 Å². The zero-order chi connectivity index (χ0) is 19.6. The van der Waals surface area contributed by atoms with Gasteiger partial charge in [-0.25, -0.2) is 9.97 Å². The van der Waals surface area contributed by atoms with Gasteiger partial charge < -0.3 is 10.1 Å². The number of rotatable bonds is 4. The first-order valence-electron chi connectivity index (χ1n) is 9.55. The Morgan fingerprint density at radius 2 is 1.93 bits per heavy atom. The van der Waals surface area contributed by atoms with Crippen molar-refractivity contribution >= 4 is 23.2 Å². The molecule has 5 rings (SSSR count). The highest BCUT2D eigenvalue weighted by molar-refractivity contribution is 6.33. The van der Waals surface area contributed by atoms with Gasteiger partial charge in [-0.2, -0.15) is 0 Å². The molecule has 1 N–H and O–H groups in total. The molecule has 0 unspecified atom stereocenters. The van der Waals surface area contributed by atoms with Crippen molar-refractivity contribution in [1.29, 1.82) is 0 Å². The van der Waals surface area contributed by atoms with Crippen molar-refractivity contribution in [3.05, 3.63) is 59.9 Å². The molecular weight excluding hydrogens is 388 g/mol. The van der Waals surface area contributed by atoms with Gasteiger partial charge in [0.05, 0.1) is 10.7 Å². The second-order valence-corrected chi connectivity index (χ2v) is 7.35. The van der Waals surface area contributed by atoms with Crippen molar-refractivity contribution in [3.63, 3.8) is 0 Å². The van der Waals surface area contributed by atoms with E-state index in [4.69, 9.17) is 16.3 Å². The van der Waals surface area contributed by atoms with Crippen LogP contribution in [0, 0.1) is 0 Å². The molecule has 0 spiro atoms. The summed E-state index contributed by atoms with van der Waals surface area (Å²) in [5.74, 6) is 1.34. The third-order valence-electron chi connectivity index (χ3n) is 5.03. The molecule has 0 atom stereocenters. The molecule has 0 radical (unpaired) electrons. The van der Waals surface area contributed by atoms with Crippen molar-refractivity contribution in [2.24, 2.45) is 0 Å². The second-order valence-electron chi connectivity index (χ2n) is 6.94. The van der Waals surface area contributed by atoms with Crippen LogP contribution in [0.15, 0.2) is 54.9 Å². The monoisotopic (exact) mass is 406 g/mol. The van der Waals surface area contributed by atoms with E-state index in [0.717, 1.165) is 48.5 Å². The number of benzene rings is 1. The molecule has 3 aromatic heterocycles. The average Bonchev–Trinajstić information content (AvgIpc) is 3.18. The maximum Gasteiger partial charge on any atom is 0.223 e. The lowest BCUT2D eigenvalue weighted by atomic mass is 10.1. The van der Waals surface area contributed by atoms with Gasteiger partial charge in [-0.3, -0.25) is 4.40 Å². The van der Waals surface area contributed by atoms with E-state index in [9.17, 15) is 0 Å². The fraction of sp³-hybridized carbons (Fsp3) is 0.238. The van der Waals surface area contributed by atoms with E-state index in [1.54, 1.807) is 6.20 Å². The Morgan fingerprint density at radius 3 is 2.79 bits per heavy atom. The van der Waals surface area contributed by atoms with Crippen LogP contribution in [0.3, 0.4) is 0 Å². The van der Waals surface area contributed by atoms with Gasteiger partial charge >= 0.3 is 0 Å². The molecule has 0 saturated carbocycles. The van der Waals surface area contributed by atoms with E-state index in [1.165, 1.54) is 0 Å². The minimum absolute atomic E-state index is 0.344. The molecule has 1 fully saturated rings. The number of fused-ring (bicyclic) bond motifs is 1. The van der Waals surface area contributed by atoms with Crippen LogP contribution in [0.4, 0.5) is 5.95 Å². The zero-order valence-corrected chi connectivity index (χ0v) is 16.4. The van der Waals surface area contributed by atoms with Gasteiger partial charge in [-0.1, -0.05) is 23.7 Å². The lowest BCUT2D eigenvalue weighted by Crippen LogP contribution is -2.28. The number of hydrogen-bond donors (Lipinski definition) is 1. The van der Waals surface area contributed by atoms with Gasteiger partial charge in [-0.15, -0.1) is 10.2 Å². The largest absolute Gasteiger partial charge is 0.381 e. The van der Waals surface area contributed by atoms with Crippen molar-refractivity contribution < 1.29 is 4.74 Å². The molecule has 0 amide bonds. The standard InChI is InChI=1S/C21H19ClN6O/c22-17-4-2-1-3-16(17)20-27-26-19-13-14(6-10-28(19)20)18-5-9-23-21(25-18)24-15-7-11-29-12-8-15/h1-6,9-10,13,15H,7-8,11-12H2,(H,23,24,25). The third kappa shape index (κ3) is 3.66. The molecule has 4 heterocycles. The van der Waals surface area contributed by atoms with Gasteiger partial charge in [0.25, 0.3) is 0 Å². The van der Waals surface area contributed by atoms with Crippen LogP contribution in [0.2, 0.25) is 5.02 Å². The van der Waals surface area contributed by atoms with Gasteiger partial charge in [-0.05, 0) is 43.2 Å². The Labute approximate surface area is 172 Å². The number of hydrogen-bond acceptors (Lipinski definition) is 6. The summed E-state index contributed by atoms with van der Waals surface area (Å²) in [7, 11) is 0. The van der Waals surface area contributed by atoms with Crippen molar-refractivity contribution in [2.75, 3.05) is 18.5 Å². The summed E-state index contributed by atoms with van der Waals surface area (Å²) in [4.78, 5) is 9.05. The fourth-order valence-electron chi connectivity index (χ4n) is 3.49. The number of nitrogens with one attached hydrogen (secondary N) is 1. The van der Waals surface area contributed by atoms with Crippen LogP contribution in [0.25, 0.3) is 28.3 Å². The number of anilines is 1. The molecule has 1 saturated heterocycles. The third-order valence-corrected chi connectivity index (χ3v) is 5.36. The molecular formula is C21H19ClN6O. The zero-order valence-electron chi connectivity index (χ0n) is 15.6. The number of nitrogens with zero attached hydrogens (tertiary/aromatic N) is 5. The van der Waals surface area contributed by atoms with Crippen LogP contribution in [0.1, 0.15) is 12.8 Å². The average molecular weight is 407 g/mol. The molecule has 1 aliphatic rings. The number of ether oxygens (including phenoxy) is 1. The van der Waals surface area contributed by atoms with Gasteiger partial charge in [0.1, 0.15) is 0 Å². The lowest BCUT2D eigenvalue weighted by molar-refractivity contribution is 0.0903. The van der Waals surface area contributed by atoms with E-state index in [2.05, 4.69) is 25.5 Å². The Hall–Kier alpha value is -3.03. The van der Waals surface area contributed by atoms with Gasteiger partial charge in [0.2, 0.25) is 5.95 Å². The SMILES string of the molecule is Clc1ccccc1-c1nnc2cc(-c3ccnc(NC4CCOCC4)n3)ccn12. The van der Waals surface area contributed by atoms with Crippen molar-refractivity contribution in [3.8, 4) is 22.6 Å². The molecule has 7 nitrogen and oxygen atoms in total. The van der Waals surface area contributed by atoms with Crippen LogP contribution >= 0.6 is 11.6 Å². The summed E-state index contributed by atoms with van der Waals surface area (Å²) in [5.41, 5.74) is 3.36. The molecule has 4 aromatic rings. The molecule has 1 aliphatic heterocycles. The molecule has 1 aromatic carbocycles. The summed E-state index contributed by atoms with van der Waals surface area (Å²) in [6, 6.07) is 13.8. The van der Waals surface area contributed by atoms with Gasteiger partial charge in [0, 0.05) is 42.8 Å². The summed E-state index contributed by atoms with van der Waals surface area (Å²) in [6.07, 6.45) is 5.64. The lowest BCUT2D eigenvalue weighted by Gasteiger charge is -2.23. The maximum absolute atomic E-state index is 6.33. The molecule has 0 bridgehead atoms. The van der Waals surface area contributed by atoms with E-state index in [-0.39, 0.29) is 0 Å². The van der Waals surface area contributed by atoms with E-state index in [0.29, 0.717) is 22.8 Å². The molecule has 0 aliphatic carbocycles. The highest BCUT2D eigenvalue weighted by atomic mass is 35.5. The van der Waals surface area contributed by atoms with Crippen LogP contribution in [-0.4, -0.2) is 43.8 Å². The number of aromatic nitrogens is 5. The quantitative estimate of drug-likeness (QED) is 0.549. The van der Waals surface area contributed by atoms with Crippen molar-refractivity contribution in [2.45, 2.75) is 18.9 Å². The van der Waals surface area contributed by atoms with Crippen molar-refractivity contribution in [1.82, 2.24) is 24.6 Å². The number of pyridine rings is 1. The van der Waals surface area contributed by atoms with E-state index in [1.807, 2.05) is 53.1 Å². The molecule has 29 heavy (non-hydrogen) atoms. The first kappa shape index (κ1) is 18.0. The van der Waals surface area contributed by atoms with Gasteiger partial charge in [0.15, 0.2) is 11.5 Å². The molecule has 8 heteroatoms. The maximum atomic E-state index is 6.33. The molecule has 146 valence electrons. The predicted molar refractivity (Wildman–Crippen MR) is 112 cm³/mol.